The molecule has 1 heterocycles. The molecule has 2 rings (SSSR count). The van der Waals surface area contributed by atoms with Crippen LogP contribution in [0.25, 0.3) is 0 Å². The van der Waals surface area contributed by atoms with Crippen molar-refractivity contribution < 1.29 is 18.0 Å². The van der Waals surface area contributed by atoms with Crippen molar-refractivity contribution in [1.29, 1.82) is 0 Å². The number of furan rings is 1. The molecule has 0 atom stereocenters. The van der Waals surface area contributed by atoms with E-state index in [1.165, 1.54) is 6.07 Å². The second-order valence-electron chi connectivity index (χ2n) is 3.57. The Hall–Kier alpha value is -1.97. The van der Waals surface area contributed by atoms with Crippen molar-refractivity contribution >= 4 is 5.78 Å². The van der Waals surface area contributed by atoms with Crippen molar-refractivity contribution in [1.82, 2.24) is 0 Å². The maximum absolute atomic E-state index is 13.4. The zero-order valence-corrected chi connectivity index (χ0v) is 9.17. The standard InChI is InChI=1S/C13H10F2O2/c1-2-9-4-6-12(17-9)13(16)10-5-3-8(14)7-11(10)15/h3-7H,2H2,1H3. The molecule has 1 aromatic carbocycles. The van der Waals surface area contributed by atoms with Crippen LogP contribution in [0.3, 0.4) is 0 Å². The second-order valence-corrected chi connectivity index (χ2v) is 3.57. The number of halogens is 2. The minimum atomic E-state index is -0.885. The van der Waals surface area contributed by atoms with Gasteiger partial charge in [0.1, 0.15) is 17.4 Å². The number of hydrogen-bond acceptors (Lipinski definition) is 2. The minimum Gasteiger partial charge on any atom is -0.458 e. The lowest BCUT2D eigenvalue weighted by Gasteiger charge is -1.99. The summed E-state index contributed by atoms with van der Waals surface area (Å²) in [5, 5.41) is 0. The zero-order valence-electron chi connectivity index (χ0n) is 9.17. The molecule has 0 spiro atoms. The van der Waals surface area contributed by atoms with Crippen LogP contribution in [0, 0.1) is 11.6 Å². The van der Waals surface area contributed by atoms with Crippen LogP contribution in [0.15, 0.2) is 34.7 Å². The fraction of sp³-hybridized carbons (Fsp3) is 0.154. The molecular formula is C13H10F2O2. The Morgan fingerprint density at radius 1 is 1.24 bits per heavy atom. The van der Waals surface area contributed by atoms with Gasteiger partial charge in [-0.25, -0.2) is 8.78 Å². The molecule has 0 saturated carbocycles. The third-order valence-corrected chi connectivity index (χ3v) is 2.41. The third-order valence-electron chi connectivity index (χ3n) is 2.41. The number of rotatable bonds is 3. The van der Waals surface area contributed by atoms with Crippen LogP contribution in [-0.4, -0.2) is 5.78 Å². The van der Waals surface area contributed by atoms with Gasteiger partial charge in [0.2, 0.25) is 5.78 Å². The van der Waals surface area contributed by atoms with Gasteiger partial charge in [0.05, 0.1) is 5.56 Å². The molecule has 4 heteroatoms. The first-order chi connectivity index (χ1) is 8.11. The van der Waals surface area contributed by atoms with E-state index in [0.29, 0.717) is 18.2 Å². The van der Waals surface area contributed by atoms with Gasteiger partial charge in [0.25, 0.3) is 0 Å². The summed E-state index contributed by atoms with van der Waals surface area (Å²) in [5.74, 6) is -1.47. The maximum Gasteiger partial charge on any atom is 0.231 e. The quantitative estimate of drug-likeness (QED) is 0.765. The molecule has 2 aromatic rings. The first-order valence-corrected chi connectivity index (χ1v) is 5.20. The molecule has 0 aliphatic carbocycles. The molecule has 1 aromatic heterocycles. The zero-order chi connectivity index (χ0) is 12.4. The van der Waals surface area contributed by atoms with Gasteiger partial charge in [0, 0.05) is 12.5 Å². The van der Waals surface area contributed by atoms with E-state index in [4.69, 9.17) is 4.42 Å². The summed E-state index contributed by atoms with van der Waals surface area (Å²) in [5.41, 5.74) is -0.191. The molecule has 0 radical (unpaired) electrons. The van der Waals surface area contributed by atoms with Crippen molar-refractivity contribution in [2.24, 2.45) is 0 Å². The summed E-state index contributed by atoms with van der Waals surface area (Å²) >= 11 is 0. The lowest BCUT2D eigenvalue weighted by molar-refractivity contribution is 0.100. The lowest BCUT2D eigenvalue weighted by Crippen LogP contribution is -2.03. The fourth-order valence-corrected chi connectivity index (χ4v) is 1.50. The van der Waals surface area contributed by atoms with Crippen molar-refractivity contribution in [2.45, 2.75) is 13.3 Å². The van der Waals surface area contributed by atoms with Gasteiger partial charge >= 0.3 is 0 Å². The van der Waals surface area contributed by atoms with Gasteiger partial charge in [0.15, 0.2) is 5.76 Å². The van der Waals surface area contributed by atoms with Crippen LogP contribution >= 0.6 is 0 Å². The van der Waals surface area contributed by atoms with Crippen molar-refractivity contribution in [3.8, 4) is 0 Å². The molecule has 88 valence electrons. The summed E-state index contributed by atoms with van der Waals surface area (Å²) in [6, 6.07) is 5.98. The Labute approximate surface area is 96.9 Å². The predicted molar refractivity (Wildman–Crippen MR) is 57.9 cm³/mol. The number of aryl methyl sites for hydroxylation is 1. The molecular weight excluding hydrogens is 226 g/mol. The summed E-state index contributed by atoms with van der Waals surface area (Å²) in [7, 11) is 0. The Kier molecular flexibility index (Phi) is 3.04. The van der Waals surface area contributed by atoms with E-state index < -0.39 is 17.4 Å². The molecule has 0 bridgehead atoms. The summed E-state index contributed by atoms with van der Waals surface area (Å²) in [6.07, 6.45) is 0.652. The molecule has 0 unspecified atom stereocenters. The first kappa shape index (κ1) is 11.5. The van der Waals surface area contributed by atoms with E-state index in [2.05, 4.69) is 0 Å². The first-order valence-electron chi connectivity index (χ1n) is 5.20. The number of carbonyl (C=O) groups excluding carboxylic acids is 1. The minimum absolute atomic E-state index is 0.0624. The van der Waals surface area contributed by atoms with Gasteiger partial charge < -0.3 is 4.42 Å². The third kappa shape index (κ3) is 2.25. The Bertz CT molecular complexity index is 558. The molecule has 0 amide bonds. The Morgan fingerprint density at radius 3 is 2.59 bits per heavy atom. The van der Waals surface area contributed by atoms with Gasteiger partial charge in [-0.2, -0.15) is 0 Å². The smallest absolute Gasteiger partial charge is 0.231 e. The van der Waals surface area contributed by atoms with E-state index in [9.17, 15) is 13.6 Å². The van der Waals surface area contributed by atoms with Crippen LogP contribution in [0.4, 0.5) is 8.78 Å². The van der Waals surface area contributed by atoms with Gasteiger partial charge in [-0.3, -0.25) is 4.79 Å². The highest BCUT2D eigenvalue weighted by atomic mass is 19.1. The maximum atomic E-state index is 13.4. The highest BCUT2D eigenvalue weighted by Gasteiger charge is 2.17. The van der Waals surface area contributed by atoms with Gasteiger partial charge in [-0.15, -0.1) is 0 Å². The average molecular weight is 236 g/mol. The predicted octanol–water partition coefficient (Wildman–Crippen LogP) is 3.35. The van der Waals surface area contributed by atoms with E-state index in [1.807, 2.05) is 6.92 Å². The number of carbonyl (C=O) groups is 1. The topological polar surface area (TPSA) is 30.2 Å². The highest BCUT2D eigenvalue weighted by Crippen LogP contribution is 2.17. The molecule has 0 aliphatic rings. The van der Waals surface area contributed by atoms with Crippen molar-refractivity contribution in [3.05, 3.63) is 59.1 Å². The van der Waals surface area contributed by atoms with Crippen LogP contribution < -0.4 is 0 Å². The van der Waals surface area contributed by atoms with E-state index in [-0.39, 0.29) is 11.3 Å². The second kappa shape index (κ2) is 4.49. The molecule has 17 heavy (non-hydrogen) atoms. The molecule has 2 nitrogen and oxygen atoms in total. The van der Waals surface area contributed by atoms with E-state index in [0.717, 1.165) is 12.1 Å². The normalized spacial score (nSPS) is 10.5. The summed E-state index contributed by atoms with van der Waals surface area (Å²) in [4.78, 5) is 11.9. The van der Waals surface area contributed by atoms with Crippen LogP contribution in [0.2, 0.25) is 0 Å². The lowest BCUT2D eigenvalue weighted by atomic mass is 10.1. The number of hydrogen-bond donors (Lipinski definition) is 0. The monoisotopic (exact) mass is 236 g/mol. The van der Waals surface area contributed by atoms with E-state index in [1.54, 1.807) is 6.07 Å². The van der Waals surface area contributed by atoms with Gasteiger partial charge in [-0.1, -0.05) is 6.92 Å². The molecule has 0 saturated heterocycles. The molecule has 0 fully saturated rings. The highest BCUT2D eigenvalue weighted by molar-refractivity contribution is 6.07. The van der Waals surface area contributed by atoms with Crippen LogP contribution in [-0.2, 0) is 6.42 Å². The van der Waals surface area contributed by atoms with E-state index >= 15 is 0 Å². The van der Waals surface area contributed by atoms with Crippen molar-refractivity contribution in [2.75, 3.05) is 0 Å². The van der Waals surface area contributed by atoms with Crippen LogP contribution in [0.1, 0.15) is 28.8 Å². The summed E-state index contributed by atoms with van der Waals surface area (Å²) in [6.45, 7) is 1.88. The largest absolute Gasteiger partial charge is 0.458 e. The average Bonchev–Trinajstić information content (AvgIpc) is 2.76. The Balaban J connectivity index is 2.36. The number of ketones is 1. The Morgan fingerprint density at radius 2 is 2.00 bits per heavy atom. The van der Waals surface area contributed by atoms with Crippen LogP contribution in [0.5, 0.6) is 0 Å². The van der Waals surface area contributed by atoms with Gasteiger partial charge in [-0.05, 0) is 24.3 Å². The molecule has 0 aliphatic heterocycles. The summed E-state index contributed by atoms with van der Waals surface area (Å²) < 4.78 is 31.3. The molecule has 0 N–H and O–H groups in total. The number of benzene rings is 1. The SMILES string of the molecule is CCc1ccc(C(=O)c2ccc(F)cc2F)o1. The fourth-order valence-electron chi connectivity index (χ4n) is 1.50. The van der Waals surface area contributed by atoms with Crippen molar-refractivity contribution in [3.63, 3.8) is 0 Å².